The Labute approximate surface area is 101 Å². The molecule has 1 aromatic heterocycles. The Morgan fingerprint density at radius 2 is 2.35 bits per heavy atom. The number of nitrogens with one attached hydrogen (secondary N) is 1. The number of hydrogen-bond donors (Lipinski definition) is 2. The van der Waals surface area contributed by atoms with E-state index in [2.05, 4.69) is 12.2 Å². The van der Waals surface area contributed by atoms with Crippen molar-refractivity contribution in [3.63, 3.8) is 0 Å². The molecule has 0 aliphatic carbocycles. The third-order valence-electron chi connectivity index (χ3n) is 2.29. The minimum Gasteiger partial charge on any atom is -0.467 e. The molecule has 0 atom stereocenters. The summed E-state index contributed by atoms with van der Waals surface area (Å²) >= 11 is 0. The number of carbonyl (C=O) groups excluding carboxylic acids is 1. The Morgan fingerprint density at radius 1 is 1.53 bits per heavy atom. The second kappa shape index (κ2) is 7.86. The first-order valence-electron chi connectivity index (χ1n) is 5.91. The van der Waals surface area contributed by atoms with Crippen molar-refractivity contribution in [2.24, 2.45) is 5.73 Å². The van der Waals surface area contributed by atoms with Gasteiger partial charge in [-0.2, -0.15) is 0 Å². The van der Waals surface area contributed by atoms with Crippen LogP contribution >= 0.6 is 0 Å². The van der Waals surface area contributed by atoms with Gasteiger partial charge in [-0.1, -0.05) is 13.3 Å². The van der Waals surface area contributed by atoms with E-state index in [1.165, 1.54) is 6.26 Å². The first-order valence-corrected chi connectivity index (χ1v) is 5.91. The highest BCUT2D eigenvalue weighted by atomic mass is 16.5. The molecular weight excluding hydrogens is 220 g/mol. The van der Waals surface area contributed by atoms with Gasteiger partial charge in [-0.05, 0) is 12.5 Å². The van der Waals surface area contributed by atoms with E-state index in [0.717, 1.165) is 19.4 Å². The fraction of sp³-hybridized carbons (Fsp3) is 0.583. The number of carbonyl (C=O) groups is 1. The van der Waals surface area contributed by atoms with Gasteiger partial charge in [0, 0.05) is 13.2 Å². The van der Waals surface area contributed by atoms with Crippen molar-refractivity contribution < 1.29 is 13.9 Å². The summed E-state index contributed by atoms with van der Waals surface area (Å²) in [5, 5.41) is 2.75. The Morgan fingerprint density at radius 3 is 3.00 bits per heavy atom. The maximum Gasteiger partial charge on any atom is 0.254 e. The van der Waals surface area contributed by atoms with Crippen LogP contribution in [0.4, 0.5) is 0 Å². The summed E-state index contributed by atoms with van der Waals surface area (Å²) in [6.45, 7) is 4.20. The lowest BCUT2D eigenvalue weighted by Crippen LogP contribution is -2.27. The SMILES string of the molecule is CCCCOCCNC(=O)c1coc(CN)c1. The van der Waals surface area contributed by atoms with Gasteiger partial charge in [-0.25, -0.2) is 0 Å². The number of amides is 1. The quantitative estimate of drug-likeness (QED) is 0.671. The topological polar surface area (TPSA) is 77.5 Å². The predicted octanol–water partition coefficient (Wildman–Crippen LogP) is 1.28. The first kappa shape index (κ1) is 13.7. The van der Waals surface area contributed by atoms with Crippen molar-refractivity contribution in [1.29, 1.82) is 0 Å². The molecule has 17 heavy (non-hydrogen) atoms. The molecule has 0 radical (unpaired) electrons. The molecule has 1 heterocycles. The van der Waals surface area contributed by atoms with E-state index in [9.17, 15) is 4.79 Å². The molecule has 3 N–H and O–H groups in total. The van der Waals surface area contributed by atoms with Gasteiger partial charge >= 0.3 is 0 Å². The molecular formula is C12H20N2O3. The van der Waals surface area contributed by atoms with Crippen molar-refractivity contribution in [1.82, 2.24) is 5.32 Å². The van der Waals surface area contributed by atoms with E-state index >= 15 is 0 Å². The summed E-state index contributed by atoms with van der Waals surface area (Å²) in [6, 6.07) is 1.65. The highest BCUT2D eigenvalue weighted by molar-refractivity contribution is 5.93. The maximum atomic E-state index is 11.6. The van der Waals surface area contributed by atoms with E-state index in [-0.39, 0.29) is 5.91 Å². The summed E-state index contributed by atoms with van der Waals surface area (Å²) < 4.78 is 10.4. The van der Waals surface area contributed by atoms with Crippen LogP contribution in [0, 0.1) is 0 Å². The summed E-state index contributed by atoms with van der Waals surface area (Å²) in [7, 11) is 0. The summed E-state index contributed by atoms with van der Waals surface area (Å²) in [4.78, 5) is 11.6. The molecule has 1 rings (SSSR count). The molecule has 5 heteroatoms. The third kappa shape index (κ3) is 5.01. The molecule has 0 fully saturated rings. The lowest BCUT2D eigenvalue weighted by Gasteiger charge is -2.04. The zero-order valence-corrected chi connectivity index (χ0v) is 10.2. The number of hydrogen-bond acceptors (Lipinski definition) is 4. The molecule has 1 aromatic rings. The van der Waals surface area contributed by atoms with Crippen LogP contribution in [-0.4, -0.2) is 25.7 Å². The Hall–Kier alpha value is -1.33. The van der Waals surface area contributed by atoms with E-state index in [1.54, 1.807) is 6.07 Å². The van der Waals surface area contributed by atoms with Gasteiger partial charge < -0.3 is 20.2 Å². The predicted molar refractivity (Wildman–Crippen MR) is 64.7 cm³/mol. The first-order chi connectivity index (χ1) is 8.27. The molecule has 5 nitrogen and oxygen atoms in total. The molecule has 0 bridgehead atoms. The average Bonchev–Trinajstić information content (AvgIpc) is 2.82. The molecule has 0 aliphatic heterocycles. The maximum absolute atomic E-state index is 11.6. The second-order valence-corrected chi connectivity index (χ2v) is 3.73. The summed E-state index contributed by atoms with van der Waals surface area (Å²) in [5.41, 5.74) is 5.89. The Balaban J connectivity index is 2.16. The largest absolute Gasteiger partial charge is 0.467 e. The van der Waals surface area contributed by atoms with Crippen LogP contribution in [0.1, 0.15) is 35.9 Å². The van der Waals surface area contributed by atoms with Crippen LogP contribution in [0.5, 0.6) is 0 Å². The van der Waals surface area contributed by atoms with Crippen molar-refractivity contribution in [2.75, 3.05) is 19.8 Å². The van der Waals surface area contributed by atoms with Gasteiger partial charge in [0.15, 0.2) is 0 Å². The number of rotatable bonds is 8. The zero-order chi connectivity index (χ0) is 12.5. The molecule has 0 spiro atoms. The van der Waals surface area contributed by atoms with Crippen LogP contribution in [0.3, 0.4) is 0 Å². The second-order valence-electron chi connectivity index (χ2n) is 3.73. The molecule has 1 amide bonds. The molecule has 0 saturated heterocycles. The van der Waals surface area contributed by atoms with Crippen LogP contribution in [0.2, 0.25) is 0 Å². The fourth-order valence-corrected chi connectivity index (χ4v) is 1.29. The van der Waals surface area contributed by atoms with Crippen molar-refractivity contribution in [3.8, 4) is 0 Å². The van der Waals surface area contributed by atoms with E-state index in [0.29, 0.717) is 31.0 Å². The Bertz CT molecular complexity index is 336. The van der Waals surface area contributed by atoms with Gasteiger partial charge in [-0.3, -0.25) is 4.79 Å². The van der Waals surface area contributed by atoms with Crippen LogP contribution in [0.25, 0.3) is 0 Å². The van der Waals surface area contributed by atoms with Crippen LogP contribution in [0.15, 0.2) is 16.7 Å². The van der Waals surface area contributed by atoms with Gasteiger partial charge in [-0.15, -0.1) is 0 Å². The van der Waals surface area contributed by atoms with E-state index in [4.69, 9.17) is 14.9 Å². The van der Waals surface area contributed by atoms with E-state index in [1.807, 2.05) is 0 Å². The van der Waals surface area contributed by atoms with Gasteiger partial charge in [0.25, 0.3) is 5.91 Å². The fourth-order valence-electron chi connectivity index (χ4n) is 1.29. The Kier molecular flexibility index (Phi) is 6.35. The third-order valence-corrected chi connectivity index (χ3v) is 2.29. The van der Waals surface area contributed by atoms with Crippen molar-refractivity contribution >= 4 is 5.91 Å². The lowest BCUT2D eigenvalue weighted by molar-refractivity contribution is 0.0912. The molecule has 96 valence electrons. The van der Waals surface area contributed by atoms with E-state index < -0.39 is 0 Å². The van der Waals surface area contributed by atoms with Gasteiger partial charge in [0.2, 0.25) is 0 Å². The molecule has 0 unspecified atom stereocenters. The molecule has 0 aliphatic rings. The highest BCUT2D eigenvalue weighted by Crippen LogP contribution is 2.06. The minimum atomic E-state index is -0.160. The number of ether oxygens (including phenoxy) is 1. The highest BCUT2D eigenvalue weighted by Gasteiger charge is 2.08. The summed E-state index contributed by atoms with van der Waals surface area (Å²) in [6.07, 6.45) is 3.58. The smallest absolute Gasteiger partial charge is 0.254 e. The lowest BCUT2D eigenvalue weighted by atomic mass is 10.3. The summed E-state index contributed by atoms with van der Waals surface area (Å²) in [5.74, 6) is 0.446. The number of nitrogens with two attached hydrogens (primary N) is 1. The number of unbranched alkanes of at least 4 members (excludes halogenated alkanes) is 1. The monoisotopic (exact) mass is 240 g/mol. The normalized spacial score (nSPS) is 10.5. The van der Waals surface area contributed by atoms with Crippen molar-refractivity contribution in [3.05, 3.63) is 23.7 Å². The zero-order valence-electron chi connectivity index (χ0n) is 10.2. The molecule has 0 saturated carbocycles. The van der Waals surface area contributed by atoms with Gasteiger partial charge in [0.05, 0.1) is 18.7 Å². The molecule has 0 aromatic carbocycles. The van der Waals surface area contributed by atoms with Gasteiger partial charge in [0.1, 0.15) is 12.0 Å². The minimum absolute atomic E-state index is 0.160. The standard InChI is InChI=1S/C12H20N2O3/c1-2-3-5-16-6-4-14-12(15)10-7-11(8-13)17-9-10/h7,9H,2-6,8,13H2,1H3,(H,14,15). The van der Waals surface area contributed by atoms with Crippen molar-refractivity contribution in [2.45, 2.75) is 26.3 Å². The average molecular weight is 240 g/mol. The van der Waals surface area contributed by atoms with Crippen LogP contribution in [-0.2, 0) is 11.3 Å². The van der Waals surface area contributed by atoms with Crippen LogP contribution < -0.4 is 11.1 Å². The number of furan rings is 1.